The third-order valence-electron chi connectivity index (χ3n) is 7.67. The molecule has 0 N–H and O–H groups in total. The van der Waals surface area contributed by atoms with E-state index >= 15 is 0 Å². The molecule has 0 unspecified atom stereocenters. The van der Waals surface area contributed by atoms with Crippen molar-refractivity contribution in [3.8, 4) is 5.75 Å². The van der Waals surface area contributed by atoms with Crippen LogP contribution in [0.3, 0.4) is 0 Å². The number of hydrogen-bond donors (Lipinski definition) is 0. The van der Waals surface area contributed by atoms with Crippen LogP contribution in [-0.2, 0) is 19.1 Å². The summed E-state index contributed by atoms with van der Waals surface area (Å²) < 4.78 is 17.2. The number of hydrogen-bond acceptors (Lipinski definition) is 5. The van der Waals surface area contributed by atoms with Crippen molar-refractivity contribution < 1.29 is 23.8 Å². The molecular formula is C33H52O5. The molecule has 1 aliphatic rings. The Balaban J connectivity index is 1.57. The van der Waals surface area contributed by atoms with Crippen LogP contribution in [0.5, 0.6) is 5.75 Å². The van der Waals surface area contributed by atoms with Crippen LogP contribution < -0.4 is 4.74 Å². The van der Waals surface area contributed by atoms with E-state index in [9.17, 15) is 9.59 Å². The van der Waals surface area contributed by atoms with Gasteiger partial charge in [-0.3, -0.25) is 4.79 Å². The summed E-state index contributed by atoms with van der Waals surface area (Å²) in [6, 6.07) is 7.80. The summed E-state index contributed by atoms with van der Waals surface area (Å²) in [6.45, 7) is 8.82. The molecule has 38 heavy (non-hydrogen) atoms. The highest BCUT2D eigenvalue weighted by atomic mass is 16.6. The summed E-state index contributed by atoms with van der Waals surface area (Å²) in [6.07, 6.45) is 19.9. The minimum Gasteiger partial charge on any atom is -0.494 e. The molecule has 2 rings (SSSR count). The SMILES string of the molecule is CCCCCCCCCCCCOc1ccc(/C=C/C(=O)OC2CCC(OC(=O)C(C)(C)CC)CC2)cc1. The highest BCUT2D eigenvalue weighted by molar-refractivity contribution is 5.87. The van der Waals surface area contributed by atoms with Gasteiger partial charge in [0.05, 0.1) is 12.0 Å². The maximum absolute atomic E-state index is 12.3. The average Bonchev–Trinajstić information content (AvgIpc) is 2.92. The van der Waals surface area contributed by atoms with Gasteiger partial charge in [-0.25, -0.2) is 4.79 Å². The van der Waals surface area contributed by atoms with E-state index in [2.05, 4.69) is 6.92 Å². The molecule has 1 fully saturated rings. The van der Waals surface area contributed by atoms with Gasteiger partial charge in [0.15, 0.2) is 0 Å². The van der Waals surface area contributed by atoms with Crippen LogP contribution in [0.4, 0.5) is 0 Å². The van der Waals surface area contributed by atoms with E-state index in [0.717, 1.165) is 56.4 Å². The van der Waals surface area contributed by atoms with Gasteiger partial charge in [-0.15, -0.1) is 0 Å². The Kier molecular flexibility index (Phi) is 15.2. The second kappa shape index (κ2) is 18.1. The van der Waals surface area contributed by atoms with Crippen molar-refractivity contribution in [2.24, 2.45) is 5.41 Å². The fourth-order valence-electron chi connectivity index (χ4n) is 4.55. The molecule has 0 saturated heterocycles. The Labute approximate surface area is 231 Å². The van der Waals surface area contributed by atoms with Crippen molar-refractivity contribution >= 4 is 18.0 Å². The Bertz CT molecular complexity index is 818. The number of carbonyl (C=O) groups excluding carboxylic acids is 2. The zero-order valence-electron chi connectivity index (χ0n) is 24.5. The molecule has 0 radical (unpaired) electrons. The van der Waals surface area contributed by atoms with Crippen LogP contribution in [0.2, 0.25) is 0 Å². The monoisotopic (exact) mass is 528 g/mol. The van der Waals surface area contributed by atoms with Gasteiger partial charge in [0, 0.05) is 6.08 Å². The number of rotatable bonds is 18. The van der Waals surface area contributed by atoms with Crippen molar-refractivity contribution in [2.45, 2.75) is 136 Å². The number of benzene rings is 1. The highest BCUT2D eigenvalue weighted by Gasteiger charge is 2.32. The lowest BCUT2D eigenvalue weighted by molar-refractivity contribution is -0.164. The number of carbonyl (C=O) groups is 2. The summed E-state index contributed by atoms with van der Waals surface area (Å²) in [5.74, 6) is 0.387. The third-order valence-corrected chi connectivity index (χ3v) is 7.67. The van der Waals surface area contributed by atoms with E-state index in [-0.39, 0.29) is 24.1 Å². The molecule has 0 aliphatic heterocycles. The topological polar surface area (TPSA) is 61.8 Å². The molecular weight excluding hydrogens is 476 g/mol. The molecule has 0 aromatic heterocycles. The molecule has 0 amide bonds. The second-order valence-corrected chi connectivity index (χ2v) is 11.4. The van der Waals surface area contributed by atoms with E-state index in [0.29, 0.717) is 0 Å². The highest BCUT2D eigenvalue weighted by Crippen LogP contribution is 2.28. The largest absolute Gasteiger partial charge is 0.494 e. The summed E-state index contributed by atoms with van der Waals surface area (Å²) in [5.41, 5.74) is 0.480. The van der Waals surface area contributed by atoms with Crippen LogP contribution in [0.25, 0.3) is 6.08 Å². The van der Waals surface area contributed by atoms with Gasteiger partial charge < -0.3 is 14.2 Å². The number of esters is 2. The van der Waals surface area contributed by atoms with Crippen LogP contribution in [-0.4, -0.2) is 30.8 Å². The summed E-state index contributed by atoms with van der Waals surface area (Å²) in [7, 11) is 0. The van der Waals surface area contributed by atoms with E-state index < -0.39 is 5.41 Å². The molecule has 0 heterocycles. The molecule has 5 nitrogen and oxygen atoms in total. The van der Waals surface area contributed by atoms with Gasteiger partial charge in [-0.05, 0) is 76.1 Å². The van der Waals surface area contributed by atoms with E-state index in [4.69, 9.17) is 14.2 Å². The smallest absolute Gasteiger partial charge is 0.331 e. The molecule has 1 aromatic carbocycles. The van der Waals surface area contributed by atoms with Gasteiger partial charge in [-0.1, -0.05) is 83.8 Å². The molecule has 1 aliphatic carbocycles. The lowest BCUT2D eigenvalue weighted by atomic mass is 9.90. The second-order valence-electron chi connectivity index (χ2n) is 11.4. The molecule has 1 aromatic rings. The normalized spacial score (nSPS) is 17.9. The molecule has 0 bridgehead atoms. The minimum atomic E-state index is -0.453. The predicted octanol–water partition coefficient (Wildman–Crippen LogP) is 8.83. The molecule has 0 atom stereocenters. The zero-order chi connectivity index (χ0) is 27.6. The van der Waals surface area contributed by atoms with E-state index in [1.165, 1.54) is 63.9 Å². The minimum absolute atomic E-state index is 0.0790. The molecule has 0 spiro atoms. The molecule has 5 heteroatoms. The van der Waals surface area contributed by atoms with Crippen LogP contribution >= 0.6 is 0 Å². The Morgan fingerprint density at radius 3 is 1.87 bits per heavy atom. The number of unbranched alkanes of at least 4 members (excludes halogenated alkanes) is 9. The van der Waals surface area contributed by atoms with Crippen LogP contribution in [0, 0.1) is 5.41 Å². The first kappa shape index (κ1) is 31.9. The lowest BCUT2D eigenvalue weighted by Gasteiger charge is -2.30. The number of ether oxygens (including phenoxy) is 3. The van der Waals surface area contributed by atoms with Crippen molar-refractivity contribution in [3.63, 3.8) is 0 Å². The van der Waals surface area contributed by atoms with E-state index in [1.54, 1.807) is 6.08 Å². The summed E-state index contributed by atoms with van der Waals surface area (Å²) in [5, 5.41) is 0. The Morgan fingerprint density at radius 2 is 1.32 bits per heavy atom. The standard InChI is InChI=1S/C33H52O5/c1-5-7-8-9-10-11-12-13-14-15-26-36-28-19-16-27(17-20-28)18-25-31(34)37-29-21-23-30(24-22-29)38-32(35)33(3,4)6-2/h16-20,25,29-30H,5-15,21-24,26H2,1-4H3/b25-18+. The van der Waals surface area contributed by atoms with Crippen molar-refractivity contribution in [1.82, 2.24) is 0 Å². The fraction of sp³-hybridized carbons (Fsp3) is 0.697. The van der Waals surface area contributed by atoms with Gasteiger partial charge in [0.25, 0.3) is 0 Å². The average molecular weight is 529 g/mol. The maximum atomic E-state index is 12.3. The molecule has 214 valence electrons. The first-order valence-electron chi connectivity index (χ1n) is 15.2. The van der Waals surface area contributed by atoms with Crippen molar-refractivity contribution in [3.05, 3.63) is 35.9 Å². The lowest BCUT2D eigenvalue weighted by Crippen LogP contribution is -2.34. The zero-order valence-corrected chi connectivity index (χ0v) is 24.5. The van der Waals surface area contributed by atoms with Crippen LogP contribution in [0.1, 0.15) is 130 Å². The summed E-state index contributed by atoms with van der Waals surface area (Å²) >= 11 is 0. The van der Waals surface area contributed by atoms with Gasteiger partial charge >= 0.3 is 11.9 Å². The maximum Gasteiger partial charge on any atom is 0.331 e. The Hall–Kier alpha value is -2.30. The fourth-order valence-corrected chi connectivity index (χ4v) is 4.55. The first-order valence-corrected chi connectivity index (χ1v) is 15.2. The van der Waals surface area contributed by atoms with Gasteiger partial charge in [-0.2, -0.15) is 0 Å². The van der Waals surface area contributed by atoms with E-state index in [1.807, 2.05) is 45.0 Å². The summed E-state index contributed by atoms with van der Waals surface area (Å²) in [4.78, 5) is 24.6. The first-order chi connectivity index (χ1) is 18.3. The quantitative estimate of drug-likeness (QED) is 0.108. The molecule has 1 saturated carbocycles. The van der Waals surface area contributed by atoms with Crippen molar-refractivity contribution in [2.75, 3.05) is 6.61 Å². The van der Waals surface area contributed by atoms with Crippen molar-refractivity contribution in [1.29, 1.82) is 0 Å². The van der Waals surface area contributed by atoms with Gasteiger partial charge in [0.1, 0.15) is 18.0 Å². The van der Waals surface area contributed by atoms with Gasteiger partial charge in [0.2, 0.25) is 0 Å². The van der Waals surface area contributed by atoms with Crippen LogP contribution in [0.15, 0.2) is 30.3 Å². The third kappa shape index (κ3) is 13.0. The Morgan fingerprint density at radius 1 is 0.789 bits per heavy atom. The predicted molar refractivity (Wildman–Crippen MR) is 155 cm³/mol.